The standard InChI is InChI=1S/C15H14N2O4S.K.H/c18-14-9-12(8-11-4-2-1-3-5-11)6-7-13(14)17-10-15(19)16-22(17,20)21;;/h1-7,9,18H,8,10H2,(H,16,19);;/q;+1;-1. The van der Waals surface area contributed by atoms with Crippen LogP contribution >= 0.6 is 0 Å². The smallest absolute Gasteiger partial charge is 1.00 e. The minimum Gasteiger partial charge on any atom is -1.00 e. The van der Waals surface area contributed by atoms with Gasteiger partial charge in [-0.05, 0) is 29.7 Å². The quantitative estimate of drug-likeness (QED) is 0.639. The Bertz CT molecular complexity index is 831. The fourth-order valence-electron chi connectivity index (χ4n) is 2.38. The van der Waals surface area contributed by atoms with Gasteiger partial charge in [0.1, 0.15) is 12.3 Å². The number of aromatic hydroxyl groups is 1. The first-order chi connectivity index (χ1) is 10.5. The Morgan fingerprint density at radius 3 is 2.39 bits per heavy atom. The summed E-state index contributed by atoms with van der Waals surface area (Å²) in [7, 11) is -3.91. The first-order valence-electron chi connectivity index (χ1n) is 6.65. The number of nitrogens with one attached hydrogen (secondary N) is 1. The van der Waals surface area contributed by atoms with Crippen LogP contribution in [-0.2, 0) is 21.4 Å². The molecule has 2 aromatic rings. The molecule has 1 amide bonds. The topological polar surface area (TPSA) is 86.7 Å². The van der Waals surface area contributed by atoms with Crippen LogP contribution in [0, 0.1) is 0 Å². The van der Waals surface area contributed by atoms with Crippen molar-refractivity contribution in [2.75, 3.05) is 10.8 Å². The number of carbonyl (C=O) groups excluding carboxylic acids is 1. The minimum absolute atomic E-state index is 0. The van der Waals surface area contributed by atoms with Gasteiger partial charge in [-0.25, -0.2) is 9.03 Å². The summed E-state index contributed by atoms with van der Waals surface area (Å²) < 4.78 is 26.3. The van der Waals surface area contributed by atoms with Crippen LogP contribution in [0.3, 0.4) is 0 Å². The molecule has 0 aromatic heterocycles. The van der Waals surface area contributed by atoms with Crippen molar-refractivity contribution in [3.05, 3.63) is 59.7 Å². The van der Waals surface area contributed by atoms with Crippen molar-refractivity contribution in [1.82, 2.24) is 4.72 Å². The number of anilines is 1. The summed E-state index contributed by atoms with van der Waals surface area (Å²) >= 11 is 0. The zero-order valence-corrected chi connectivity index (χ0v) is 16.5. The van der Waals surface area contributed by atoms with E-state index in [-0.39, 0.29) is 70.8 Å². The van der Waals surface area contributed by atoms with E-state index in [0.717, 1.165) is 15.4 Å². The van der Waals surface area contributed by atoms with E-state index < -0.39 is 16.1 Å². The second-order valence-corrected chi connectivity index (χ2v) is 6.62. The van der Waals surface area contributed by atoms with Crippen molar-refractivity contribution in [2.24, 2.45) is 0 Å². The van der Waals surface area contributed by atoms with Crippen LogP contribution in [0.25, 0.3) is 0 Å². The van der Waals surface area contributed by atoms with Crippen LogP contribution in [0.4, 0.5) is 5.69 Å². The minimum atomic E-state index is -3.91. The van der Waals surface area contributed by atoms with Gasteiger partial charge >= 0.3 is 61.6 Å². The van der Waals surface area contributed by atoms with Crippen LogP contribution in [0.2, 0.25) is 0 Å². The molecule has 0 saturated carbocycles. The summed E-state index contributed by atoms with van der Waals surface area (Å²) in [5, 5.41) is 10.1. The molecule has 1 heterocycles. The number of phenols is 1. The number of hydrogen-bond donors (Lipinski definition) is 2. The molecule has 1 fully saturated rings. The average Bonchev–Trinajstić information content (AvgIpc) is 2.73. The molecule has 0 radical (unpaired) electrons. The Balaban J connectivity index is 0.00000144. The van der Waals surface area contributed by atoms with Crippen molar-refractivity contribution >= 4 is 21.8 Å². The van der Waals surface area contributed by atoms with Gasteiger partial charge in [0.15, 0.2) is 0 Å². The van der Waals surface area contributed by atoms with Crippen molar-refractivity contribution in [1.29, 1.82) is 0 Å². The molecule has 2 aromatic carbocycles. The van der Waals surface area contributed by atoms with E-state index in [1.807, 2.05) is 35.1 Å². The Morgan fingerprint density at radius 1 is 1.13 bits per heavy atom. The summed E-state index contributed by atoms with van der Waals surface area (Å²) in [5.41, 5.74) is 2.03. The van der Waals surface area contributed by atoms with Crippen LogP contribution < -0.4 is 60.4 Å². The molecule has 1 aliphatic rings. The first-order valence-corrected chi connectivity index (χ1v) is 8.09. The molecule has 0 bridgehead atoms. The van der Waals surface area contributed by atoms with Crippen molar-refractivity contribution in [2.45, 2.75) is 6.42 Å². The second-order valence-electron chi connectivity index (χ2n) is 5.02. The molecular weight excluding hydrogens is 343 g/mol. The third-order valence-corrected chi connectivity index (χ3v) is 4.77. The summed E-state index contributed by atoms with van der Waals surface area (Å²) in [6.07, 6.45) is 0.624. The first kappa shape index (κ1) is 18.4. The van der Waals surface area contributed by atoms with E-state index in [1.165, 1.54) is 12.1 Å². The molecule has 23 heavy (non-hydrogen) atoms. The molecule has 3 rings (SSSR count). The Labute approximate surface area is 178 Å². The SMILES string of the molecule is O=C1CN(c2ccc(Cc3ccccc3)cc2O)S(=O)(=O)N1.[H-].[K+]. The van der Waals surface area contributed by atoms with Gasteiger partial charge in [0, 0.05) is 0 Å². The molecule has 8 heteroatoms. The van der Waals surface area contributed by atoms with E-state index >= 15 is 0 Å². The number of phenolic OH excluding ortho intramolecular Hbond substituents is 1. The Kier molecular flexibility index (Phi) is 5.87. The van der Waals surface area contributed by atoms with Gasteiger partial charge < -0.3 is 6.53 Å². The largest absolute Gasteiger partial charge is 1.00 e. The monoisotopic (exact) mass is 358 g/mol. The number of nitrogens with zero attached hydrogens (tertiary/aromatic N) is 1. The summed E-state index contributed by atoms with van der Waals surface area (Å²) in [5.74, 6) is -0.790. The summed E-state index contributed by atoms with van der Waals surface area (Å²) in [6, 6.07) is 14.5. The third-order valence-electron chi connectivity index (χ3n) is 3.38. The molecule has 0 atom stereocenters. The maximum atomic E-state index is 11.8. The molecule has 6 nitrogen and oxygen atoms in total. The van der Waals surface area contributed by atoms with E-state index in [2.05, 4.69) is 0 Å². The second kappa shape index (κ2) is 7.33. The number of amides is 1. The third kappa shape index (κ3) is 4.14. The van der Waals surface area contributed by atoms with Crippen molar-refractivity contribution in [3.8, 4) is 5.75 Å². The zero-order chi connectivity index (χ0) is 15.7. The average molecular weight is 358 g/mol. The fraction of sp³-hybridized carbons (Fsp3) is 0.133. The van der Waals surface area contributed by atoms with Crippen LogP contribution in [-0.4, -0.2) is 26.0 Å². The number of hydrogen-bond acceptors (Lipinski definition) is 4. The number of rotatable bonds is 3. The predicted molar refractivity (Wildman–Crippen MR) is 82.9 cm³/mol. The van der Waals surface area contributed by atoms with Gasteiger partial charge in [-0.2, -0.15) is 8.42 Å². The van der Waals surface area contributed by atoms with Crippen LogP contribution in [0.15, 0.2) is 48.5 Å². The molecular formula is C15H15KN2O4S. The molecule has 0 spiro atoms. The molecule has 116 valence electrons. The van der Waals surface area contributed by atoms with Gasteiger partial charge in [-0.3, -0.25) is 4.79 Å². The van der Waals surface area contributed by atoms with Gasteiger partial charge in [-0.15, -0.1) is 0 Å². The van der Waals surface area contributed by atoms with Crippen molar-refractivity contribution < 1.29 is 71.1 Å². The van der Waals surface area contributed by atoms with Crippen LogP contribution in [0.1, 0.15) is 12.6 Å². The summed E-state index contributed by atoms with van der Waals surface area (Å²) in [4.78, 5) is 11.2. The Hall–Kier alpha value is -0.904. The van der Waals surface area contributed by atoms with Crippen molar-refractivity contribution in [3.63, 3.8) is 0 Å². The molecule has 0 aliphatic carbocycles. The van der Waals surface area contributed by atoms with Gasteiger partial charge in [0.2, 0.25) is 0 Å². The maximum absolute atomic E-state index is 11.8. The van der Waals surface area contributed by atoms with Gasteiger partial charge in [-0.1, -0.05) is 36.4 Å². The molecule has 1 saturated heterocycles. The predicted octanol–water partition coefficient (Wildman–Crippen LogP) is -1.72. The maximum Gasteiger partial charge on any atom is 1.00 e. The number of benzene rings is 2. The van der Waals surface area contributed by atoms with Gasteiger partial charge in [0.25, 0.3) is 5.91 Å². The van der Waals surface area contributed by atoms with E-state index in [4.69, 9.17) is 0 Å². The van der Waals surface area contributed by atoms with E-state index in [9.17, 15) is 18.3 Å². The zero-order valence-electron chi connectivity index (χ0n) is 13.6. The van der Waals surface area contributed by atoms with E-state index in [1.54, 1.807) is 6.07 Å². The normalized spacial score (nSPS) is 15.8. The van der Waals surface area contributed by atoms with Gasteiger partial charge in [0.05, 0.1) is 5.69 Å². The van der Waals surface area contributed by atoms with E-state index in [0.29, 0.717) is 6.42 Å². The van der Waals surface area contributed by atoms with Crippen LogP contribution in [0.5, 0.6) is 5.75 Å². The molecule has 1 aliphatic heterocycles. The fourth-order valence-corrected chi connectivity index (χ4v) is 3.55. The molecule has 0 unspecified atom stereocenters. The molecule has 2 N–H and O–H groups in total. The summed E-state index contributed by atoms with van der Waals surface area (Å²) in [6.45, 7) is -0.325. The number of carbonyl (C=O) groups is 1. The Morgan fingerprint density at radius 2 is 1.83 bits per heavy atom.